The molecule has 0 amide bonds. The monoisotopic (exact) mass is 1100 g/mol. The molecule has 12 rings (SSSR count). The second-order valence-corrected chi connectivity index (χ2v) is 21.8. The molecule has 0 aliphatic heterocycles. The van der Waals surface area contributed by atoms with Gasteiger partial charge in [-0.1, -0.05) is 185 Å². The largest absolute Gasteiger partial charge is 0.523 e. The lowest BCUT2D eigenvalue weighted by Gasteiger charge is -2.30. The number of alkyl halides is 4. The van der Waals surface area contributed by atoms with E-state index >= 15 is 0 Å². The van der Waals surface area contributed by atoms with Crippen LogP contribution in [-0.4, -0.2) is 13.9 Å². The maximum atomic E-state index is 12.7. The summed E-state index contributed by atoms with van der Waals surface area (Å²) in [6, 6.07) is 76.0. The third-order valence-corrected chi connectivity index (χ3v) is 16.0. The van der Waals surface area contributed by atoms with Crippen LogP contribution < -0.4 is 9.80 Å². The Hall–Kier alpha value is -8.02. The number of hydrogen-bond donors (Lipinski definition) is 0. The lowest BCUT2D eigenvalue weighted by molar-refractivity contribution is -0.0547. The van der Waals surface area contributed by atoms with Crippen LogP contribution in [0.1, 0.15) is 33.4 Å². The number of nitrogens with zero attached hydrogens (tertiary/aromatic N) is 2. The van der Waals surface area contributed by atoms with Crippen LogP contribution in [0.25, 0.3) is 64.6 Å². The van der Waals surface area contributed by atoms with Crippen molar-refractivity contribution in [3.63, 3.8) is 0 Å². The van der Waals surface area contributed by atoms with E-state index in [0.29, 0.717) is 5.56 Å². The molecule has 0 N–H and O–H groups in total. The molecule has 10 heteroatoms. The molecule has 0 saturated carbocycles. The van der Waals surface area contributed by atoms with Gasteiger partial charge in [0.25, 0.3) is 0 Å². The van der Waals surface area contributed by atoms with Crippen molar-refractivity contribution < 1.29 is 25.8 Å². The molecule has 0 aliphatic rings. The Bertz CT molecular complexity index is 4200. The Morgan fingerprint density at radius 3 is 1.26 bits per heavy atom. The van der Waals surface area contributed by atoms with Gasteiger partial charge in [0.15, 0.2) is 0 Å². The first-order chi connectivity index (χ1) is 37.1. The highest BCUT2D eigenvalue weighted by Gasteiger charge is 2.47. The van der Waals surface area contributed by atoms with Gasteiger partial charge in [0.05, 0.1) is 23.7 Å². The average molecular weight is 1100 g/mol. The van der Waals surface area contributed by atoms with Crippen LogP contribution in [0.4, 0.5) is 47.3 Å². The summed E-state index contributed by atoms with van der Waals surface area (Å²) >= 11 is 3.70. The molecule has 0 bridgehead atoms. The fourth-order valence-electron chi connectivity index (χ4n) is 10.5. The van der Waals surface area contributed by atoms with E-state index in [0.717, 1.165) is 54.7 Å². The number of benzene rings is 12. The van der Waals surface area contributed by atoms with Crippen molar-refractivity contribution in [1.29, 1.82) is 0 Å². The van der Waals surface area contributed by atoms with Crippen LogP contribution in [0.5, 0.6) is 0 Å². The number of hydrogen-bond acceptors (Lipinski definition) is 5. The summed E-state index contributed by atoms with van der Waals surface area (Å²) in [6.45, 7) is 7.81. The third kappa shape index (κ3) is 10.1. The van der Waals surface area contributed by atoms with E-state index in [2.05, 4.69) is 240 Å². The molecular weight excluding hydrogens is 1050 g/mol. The van der Waals surface area contributed by atoms with Crippen molar-refractivity contribution in [3.05, 3.63) is 252 Å². The van der Waals surface area contributed by atoms with Crippen LogP contribution in [0, 0.1) is 27.7 Å². The lowest BCUT2D eigenvalue weighted by Crippen LogP contribution is -2.25. The van der Waals surface area contributed by atoms with Gasteiger partial charge in [-0.15, -0.1) is 0 Å². The summed E-state index contributed by atoms with van der Waals surface area (Å²) in [5.41, 5.74) is 7.51. The maximum absolute atomic E-state index is 12.7. The van der Waals surface area contributed by atoms with E-state index in [4.69, 9.17) is 0 Å². The molecule has 0 atom stereocenters. The molecule has 0 spiro atoms. The van der Waals surface area contributed by atoms with Gasteiger partial charge in [-0.25, -0.2) is 0 Å². The van der Waals surface area contributed by atoms with Crippen LogP contribution >= 0.6 is 15.9 Å². The third-order valence-electron chi connectivity index (χ3n) is 14.4. The molecule has 12 aromatic rings. The lowest BCUT2D eigenvalue weighted by atomic mass is 9.98. The Morgan fingerprint density at radius 1 is 0.416 bits per heavy atom. The first-order valence-electron chi connectivity index (χ1n) is 25.3. The van der Waals surface area contributed by atoms with E-state index in [9.17, 15) is 21.6 Å². The Balaban J connectivity index is 0.000000166. The van der Waals surface area contributed by atoms with E-state index in [-0.39, 0.29) is 0 Å². The van der Waals surface area contributed by atoms with Gasteiger partial charge in [0.1, 0.15) is 0 Å². The van der Waals surface area contributed by atoms with Gasteiger partial charge in [0, 0.05) is 38.6 Å². The van der Waals surface area contributed by atoms with Gasteiger partial charge in [-0.3, -0.25) is 4.18 Å². The topological polar surface area (TPSA) is 49.9 Å². The highest BCUT2D eigenvalue weighted by molar-refractivity contribution is 9.08. The van der Waals surface area contributed by atoms with E-state index in [1.54, 1.807) is 18.2 Å². The van der Waals surface area contributed by atoms with E-state index in [1.807, 2.05) is 18.2 Å². The minimum Gasteiger partial charge on any atom is -0.310 e. The van der Waals surface area contributed by atoms with Crippen molar-refractivity contribution >= 4 is 125 Å². The van der Waals surface area contributed by atoms with Crippen LogP contribution in [-0.2, 0) is 26.2 Å². The Kier molecular flexibility index (Phi) is 13.8. The summed E-state index contributed by atoms with van der Waals surface area (Å²) in [5.74, 6) is 0. The Labute approximate surface area is 454 Å². The number of rotatable bonds is 10. The van der Waals surface area contributed by atoms with E-state index in [1.165, 1.54) is 77.2 Å². The SMILES string of the molecule is Cc1ccc2cc(N(c3ccc4cc(C)ccc4c3)c3ccc4cc(COS(=O)(=O)C(F)(F)F)ccc4c3)ccc2c1.Cc1cccc2c(N(c3cccc4c(C)cccc34)c3cccc4c(CBr)cccc34)cccc12. The van der Waals surface area contributed by atoms with Crippen LogP contribution in [0.3, 0.4) is 0 Å². The second kappa shape index (κ2) is 20.8. The van der Waals surface area contributed by atoms with Crippen molar-refractivity contribution in [3.8, 4) is 0 Å². The zero-order chi connectivity index (χ0) is 53.6. The molecule has 382 valence electrons. The Morgan fingerprint density at radius 2 is 0.792 bits per heavy atom. The quantitative estimate of drug-likeness (QED) is 0.0776. The standard InChI is InChI=1S/C34H26F3NO3S.C33H26BrN/c1-22-3-6-28-18-31(12-9-25(28)15-22)38(32-13-10-26-16-23(2)4-7-29(26)19-32)33-14-11-27-17-24(5-8-30(27)20-33)21-41-42(39,40)34(35,36)37;1-22-9-3-15-28-25(22)12-6-18-31(28)35(32-19-7-13-26-23(2)10-4-16-29(26)32)33-20-8-14-27-24(21-34)11-5-17-30(27)33/h3-20H,21H2,1-2H3;3-20H,21H2,1-2H3. The molecule has 0 unspecified atom stereocenters. The first kappa shape index (κ1) is 51.1. The average Bonchev–Trinajstić information content (AvgIpc) is 3.48. The number of halogens is 4. The zero-order valence-electron chi connectivity index (χ0n) is 42.7. The number of anilines is 6. The smallest absolute Gasteiger partial charge is 0.310 e. The first-order valence-corrected chi connectivity index (χ1v) is 27.8. The van der Waals surface area contributed by atoms with Crippen molar-refractivity contribution in [2.45, 2.75) is 45.1 Å². The van der Waals surface area contributed by atoms with Crippen LogP contribution in [0.15, 0.2) is 218 Å². The molecular formula is C67H52BrF3N2O3S. The molecule has 0 heterocycles. The summed E-state index contributed by atoms with van der Waals surface area (Å²) < 4.78 is 64.9. The van der Waals surface area contributed by atoms with E-state index < -0.39 is 22.2 Å². The summed E-state index contributed by atoms with van der Waals surface area (Å²) in [7, 11) is -5.67. The minimum absolute atomic E-state index is 0.314. The van der Waals surface area contributed by atoms with Crippen LogP contribution in [0.2, 0.25) is 0 Å². The zero-order valence-corrected chi connectivity index (χ0v) is 45.1. The van der Waals surface area contributed by atoms with Gasteiger partial charge in [0.2, 0.25) is 0 Å². The normalized spacial score (nSPS) is 11.9. The molecule has 0 radical (unpaired) electrons. The summed E-state index contributed by atoms with van der Waals surface area (Å²) in [5, 5.41) is 14.5. The molecule has 5 nitrogen and oxygen atoms in total. The summed E-state index contributed by atoms with van der Waals surface area (Å²) in [4.78, 5) is 4.63. The predicted molar refractivity (Wildman–Crippen MR) is 319 cm³/mol. The fourth-order valence-corrected chi connectivity index (χ4v) is 11.4. The highest BCUT2D eigenvalue weighted by Crippen LogP contribution is 2.46. The molecule has 0 fully saturated rings. The molecule has 12 aromatic carbocycles. The second-order valence-electron chi connectivity index (χ2n) is 19.6. The molecule has 0 aliphatic carbocycles. The van der Waals surface area contributed by atoms with Crippen molar-refractivity contribution in [2.24, 2.45) is 0 Å². The molecule has 0 saturated heterocycles. The highest BCUT2D eigenvalue weighted by atomic mass is 79.9. The fraction of sp³-hybridized carbons (Fsp3) is 0.104. The van der Waals surface area contributed by atoms with Gasteiger partial charge < -0.3 is 9.80 Å². The minimum atomic E-state index is -5.67. The maximum Gasteiger partial charge on any atom is 0.523 e. The molecule has 0 aromatic heterocycles. The van der Waals surface area contributed by atoms with Crippen molar-refractivity contribution in [1.82, 2.24) is 0 Å². The molecule has 77 heavy (non-hydrogen) atoms. The van der Waals surface area contributed by atoms with Gasteiger partial charge in [-0.2, -0.15) is 21.6 Å². The van der Waals surface area contributed by atoms with Gasteiger partial charge in [-0.05, 0) is 159 Å². The number of aryl methyl sites for hydroxylation is 4. The predicted octanol–water partition coefficient (Wildman–Crippen LogP) is 19.7. The number of fused-ring (bicyclic) bond motifs is 6. The summed E-state index contributed by atoms with van der Waals surface area (Å²) in [6.07, 6.45) is 0. The van der Waals surface area contributed by atoms with Gasteiger partial charge >= 0.3 is 15.6 Å². The van der Waals surface area contributed by atoms with Crippen molar-refractivity contribution in [2.75, 3.05) is 9.80 Å².